The van der Waals surface area contributed by atoms with Crippen LogP contribution < -0.4 is 4.90 Å². The minimum atomic E-state index is 0.109. The third kappa shape index (κ3) is 3.97. The molecule has 5 nitrogen and oxygen atoms in total. The Morgan fingerprint density at radius 2 is 1.79 bits per heavy atom. The van der Waals surface area contributed by atoms with Crippen LogP contribution in [0, 0.1) is 0 Å². The van der Waals surface area contributed by atoms with Gasteiger partial charge in [-0.15, -0.1) is 0 Å². The van der Waals surface area contributed by atoms with Gasteiger partial charge in [-0.1, -0.05) is 45.0 Å². The van der Waals surface area contributed by atoms with Gasteiger partial charge in [-0.3, -0.25) is 4.79 Å². The van der Waals surface area contributed by atoms with Crippen LogP contribution in [0.1, 0.15) is 49.3 Å². The van der Waals surface area contributed by atoms with E-state index in [1.807, 2.05) is 17.0 Å². The summed E-state index contributed by atoms with van der Waals surface area (Å²) in [6.07, 6.45) is 1.70. The first kappa shape index (κ1) is 19.8. The number of piperazine rings is 1. The number of carbonyl (C=O) groups is 1. The zero-order valence-electron chi connectivity index (χ0n) is 18.0. The van der Waals surface area contributed by atoms with Crippen molar-refractivity contribution in [2.75, 3.05) is 32.7 Å². The van der Waals surface area contributed by atoms with Gasteiger partial charge >= 0.3 is 0 Å². The van der Waals surface area contributed by atoms with Gasteiger partial charge in [-0.05, 0) is 23.5 Å². The van der Waals surface area contributed by atoms with E-state index in [1.165, 1.54) is 11.1 Å². The van der Waals surface area contributed by atoms with Crippen molar-refractivity contribution in [2.45, 2.75) is 39.7 Å². The molecule has 2 aromatic heterocycles. The highest BCUT2D eigenvalue weighted by Crippen LogP contribution is 2.26. The van der Waals surface area contributed by atoms with Crippen molar-refractivity contribution < 1.29 is 14.1 Å². The molecule has 0 saturated carbocycles. The largest absolute Gasteiger partial charge is 0.463 e. The van der Waals surface area contributed by atoms with Crippen LogP contribution in [0.3, 0.4) is 0 Å². The Balaban J connectivity index is 1.61. The van der Waals surface area contributed by atoms with Crippen molar-refractivity contribution in [3.05, 3.63) is 59.5 Å². The van der Waals surface area contributed by atoms with Gasteiger partial charge in [0, 0.05) is 18.7 Å². The second kappa shape index (κ2) is 7.71. The molecule has 0 aliphatic carbocycles. The summed E-state index contributed by atoms with van der Waals surface area (Å²) in [5.74, 6) is 0.109. The highest BCUT2D eigenvalue weighted by atomic mass is 16.3. The molecule has 1 aliphatic heterocycles. The van der Waals surface area contributed by atoms with Gasteiger partial charge in [0.05, 0.1) is 44.5 Å². The summed E-state index contributed by atoms with van der Waals surface area (Å²) in [4.78, 5) is 16.9. The number of quaternary nitrogens is 1. The van der Waals surface area contributed by atoms with E-state index in [9.17, 15) is 4.79 Å². The van der Waals surface area contributed by atoms with Crippen LogP contribution in [0.5, 0.6) is 0 Å². The average molecular weight is 395 g/mol. The molecule has 3 heterocycles. The van der Waals surface area contributed by atoms with E-state index >= 15 is 0 Å². The first-order valence-corrected chi connectivity index (χ1v) is 10.7. The standard InChI is InChI=1S/C24H31N3O2/c1-5-25-11-13-26(14-12-25)23(28)21-16-22-20(10-15-29-22)27(21)17-18-6-8-19(9-7-18)24(2,3)4/h6-10,15-16H,5,11-14,17H2,1-4H3/p+1. The molecule has 0 atom stereocenters. The van der Waals surface area contributed by atoms with Gasteiger partial charge in [0.1, 0.15) is 5.69 Å². The number of furan rings is 1. The van der Waals surface area contributed by atoms with E-state index < -0.39 is 0 Å². The molecule has 1 amide bonds. The Bertz CT molecular complexity index is 983. The van der Waals surface area contributed by atoms with E-state index in [2.05, 4.69) is 56.5 Å². The Labute approximate surface area is 172 Å². The van der Waals surface area contributed by atoms with E-state index in [-0.39, 0.29) is 11.3 Å². The zero-order chi connectivity index (χ0) is 20.6. The van der Waals surface area contributed by atoms with Gasteiger partial charge in [-0.25, -0.2) is 0 Å². The highest BCUT2D eigenvalue weighted by Gasteiger charge is 2.27. The third-order valence-corrected chi connectivity index (χ3v) is 6.16. The minimum absolute atomic E-state index is 0.109. The molecule has 0 spiro atoms. The zero-order valence-corrected chi connectivity index (χ0v) is 18.0. The molecule has 29 heavy (non-hydrogen) atoms. The number of aromatic nitrogens is 1. The number of nitrogens with one attached hydrogen (secondary N) is 1. The number of nitrogens with zero attached hydrogens (tertiary/aromatic N) is 2. The van der Waals surface area contributed by atoms with Crippen molar-refractivity contribution in [1.82, 2.24) is 9.47 Å². The fourth-order valence-corrected chi connectivity index (χ4v) is 4.16. The lowest BCUT2D eigenvalue weighted by Crippen LogP contribution is -3.14. The smallest absolute Gasteiger partial charge is 0.271 e. The molecule has 1 N–H and O–H groups in total. The third-order valence-electron chi connectivity index (χ3n) is 6.16. The van der Waals surface area contributed by atoms with Crippen LogP contribution in [0.25, 0.3) is 11.1 Å². The number of amides is 1. The Morgan fingerprint density at radius 3 is 2.41 bits per heavy atom. The maximum atomic E-state index is 13.3. The van der Waals surface area contributed by atoms with Crippen molar-refractivity contribution in [3.63, 3.8) is 0 Å². The van der Waals surface area contributed by atoms with Gasteiger partial charge < -0.3 is 18.8 Å². The molecule has 4 rings (SSSR count). The molecule has 3 aromatic rings. The van der Waals surface area contributed by atoms with Crippen LogP contribution in [0.15, 0.2) is 47.1 Å². The lowest BCUT2D eigenvalue weighted by molar-refractivity contribution is -0.902. The average Bonchev–Trinajstić information content (AvgIpc) is 3.30. The number of carbonyl (C=O) groups excluding carboxylic acids is 1. The molecule has 1 aliphatic rings. The first-order chi connectivity index (χ1) is 13.9. The van der Waals surface area contributed by atoms with E-state index in [0.29, 0.717) is 6.54 Å². The van der Waals surface area contributed by atoms with E-state index in [4.69, 9.17) is 4.42 Å². The monoisotopic (exact) mass is 394 g/mol. The number of benzene rings is 1. The molecule has 154 valence electrons. The van der Waals surface area contributed by atoms with Crippen LogP contribution in [0.4, 0.5) is 0 Å². The quantitative estimate of drug-likeness (QED) is 0.739. The molecule has 1 fully saturated rings. The number of hydrogen-bond acceptors (Lipinski definition) is 2. The maximum Gasteiger partial charge on any atom is 0.271 e. The summed E-state index contributed by atoms with van der Waals surface area (Å²) in [6.45, 7) is 14.3. The summed E-state index contributed by atoms with van der Waals surface area (Å²) in [6, 6.07) is 12.6. The van der Waals surface area contributed by atoms with Crippen LogP contribution >= 0.6 is 0 Å². The van der Waals surface area contributed by atoms with Crippen LogP contribution in [-0.4, -0.2) is 48.1 Å². The number of fused-ring (bicyclic) bond motifs is 1. The second-order valence-electron chi connectivity index (χ2n) is 9.13. The van der Waals surface area contributed by atoms with Crippen molar-refractivity contribution in [1.29, 1.82) is 0 Å². The number of likely N-dealkylation sites (N-methyl/N-ethyl adjacent to an activating group) is 1. The molecule has 1 aromatic carbocycles. The molecule has 0 bridgehead atoms. The second-order valence-corrected chi connectivity index (χ2v) is 9.13. The number of hydrogen-bond donors (Lipinski definition) is 1. The Hall–Kier alpha value is -2.53. The summed E-state index contributed by atoms with van der Waals surface area (Å²) >= 11 is 0. The molecule has 0 unspecified atom stereocenters. The van der Waals surface area contributed by atoms with Crippen LogP contribution in [0.2, 0.25) is 0 Å². The molecule has 1 saturated heterocycles. The van der Waals surface area contributed by atoms with Gasteiger partial charge in [-0.2, -0.15) is 0 Å². The van der Waals surface area contributed by atoms with Crippen molar-refractivity contribution in [3.8, 4) is 0 Å². The summed E-state index contributed by atoms with van der Waals surface area (Å²) in [7, 11) is 0. The van der Waals surface area contributed by atoms with Gasteiger partial charge in [0.2, 0.25) is 0 Å². The summed E-state index contributed by atoms with van der Waals surface area (Å²) < 4.78 is 7.72. The van der Waals surface area contributed by atoms with Crippen molar-refractivity contribution in [2.24, 2.45) is 0 Å². The summed E-state index contributed by atoms with van der Waals surface area (Å²) in [5, 5.41) is 0. The fourth-order valence-electron chi connectivity index (χ4n) is 4.16. The fraction of sp³-hybridized carbons (Fsp3) is 0.458. The molecule has 5 heteroatoms. The van der Waals surface area contributed by atoms with Crippen LogP contribution in [-0.2, 0) is 12.0 Å². The van der Waals surface area contributed by atoms with Gasteiger partial charge in [0.25, 0.3) is 5.91 Å². The first-order valence-electron chi connectivity index (χ1n) is 10.7. The lowest BCUT2D eigenvalue weighted by Gasteiger charge is -2.31. The molecule has 0 radical (unpaired) electrons. The van der Waals surface area contributed by atoms with E-state index in [1.54, 1.807) is 11.2 Å². The SMILES string of the molecule is CC[NH+]1CCN(C(=O)c2cc3occc3n2Cc2ccc(C(C)(C)C)cc2)CC1. The highest BCUT2D eigenvalue weighted by molar-refractivity contribution is 5.97. The normalized spacial score (nSPS) is 15.9. The maximum absolute atomic E-state index is 13.3. The number of rotatable bonds is 4. The predicted octanol–water partition coefficient (Wildman–Crippen LogP) is 2.94. The predicted molar refractivity (Wildman–Crippen MR) is 116 cm³/mol. The lowest BCUT2D eigenvalue weighted by atomic mass is 9.87. The Kier molecular flexibility index (Phi) is 5.26. The molecular formula is C24H32N3O2+. The minimum Gasteiger partial charge on any atom is -0.463 e. The van der Waals surface area contributed by atoms with Crippen molar-refractivity contribution >= 4 is 17.0 Å². The Morgan fingerprint density at radius 1 is 1.10 bits per heavy atom. The van der Waals surface area contributed by atoms with E-state index in [0.717, 1.165) is 49.5 Å². The van der Waals surface area contributed by atoms with Gasteiger partial charge in [0.15, 0.2) is 5.58 Å². The summed E-state index contributed by atoms with van der Waals surface area (Å²) in [5.41, 5.74) is 5.11. The topological polar surface area (TPSA) is 42.8 Å². The molecular weight excluding hydrogens is 362 g/mol.